The number of terminal acetylenes is 1. The molecule has 1 aliphatic heterocycles. The van der Waals surface area contributed by atoms with Crippen LogP contribution in [0.25, 0.3) is 22.4 Å². The molecule has 3 nitrogen and oxygen atoms in total. The minimum atomic E-state index is -0.0841. The lowest BCUT2D eigenvalue weighted by atomic mass is 9.99. The van der Waals surface area contributed by atoms with Crippen molar-refractivity contribution in [3.05, 3.63) is 71.8 Å². The number of carbonyl (C=O) groups is 1. The van der Waals surface area contributed by atoms with E-state index in [9.17, 15) is 4.79 Å². The number of hydrogen-bond donors (Lipinski definition) is 0. The van der Waals surface area contributed by atoms with Crippen molar-refractivity contribution >= 4 is 34.0 Å². The van der Waals surface area contributed by atoms with E-state index in [-0.39, 0.29) is 12.5 Å². The van der Waals surface area contributed by atoms with Crippen molar-refractivity contribution < 1.29 is 9.53 Å². The number of anilines is 1. The van der Waals surface area contributed by atoms with Crippen LogP contribution in [-0.2, 0) is 4.79 Å². The van der Waals surface area contributed by atoms with Crippen LogP contribution >= 0.6 is 0 Å². The molecule has 1 aliphatic rings. The van der Waals surface area contributed by atoms with Crippen LogP contribution in [0, 0.1) is 12.3 Å². The molecule has 0 saturated carbocycles. The van der Waals surface area contributed by atoms with Gasteiger partial charge in [-0.2, -0.15) is 0 Å². The second-order valence-electron chi connectivity index (χ2n) is 6.07. The van der Waals surface area contributed by atoms with Crippen molar-refractivity contribution in [3.63, 3.8) is 0 Å². The van der Waals surface area contributed by atoms with Gasteiger partial charge in [0.15, 0.2) is 0 Å². The fourth-order valence-corrected chi connectivity index (χ4v) is 3.44. The highest BCUT2D eigenvalue weighted by Crippen LogP contribution is 2.39. The van der Waals surface area contributed by atoms with E-state index < -0.39 is 0 Å². The molecule has 0 radical (unpaired) electrons. The van der Waals surface area contributed by atoms with Gasteiger partial charge in [0.1, 0.15) is 5.75 Å². The van der Waals surface area contributed by atoms with Gasteiger partial charge in [0.25, 0.3) is 5.91 Å². The van der Waals surface area contributed by atoms with E-state index in [4.69, 9.17) is 11.2 Å². The average molecular weight is 339 g/mol. The first-order valence-electron chi connectivity index (χ1n) is 8.36. The molecule has 0 fully saturated rings. The Labute approximate surface area is 152 Å². The molecule has 1 amide bonds. The highest BCUT2D eigenvalue weighted by atomic mass is 16.5. The fourth-order valence-electron chi connectivity index (χ4n) is 3.44. The lowest BCUT2D eigenvalue weighted by Crippen LogP contribution is -2.26. The molecular formula is C23H17NO2. The van der Waals surface area contributed by atoms with Gasteiger partial charge >= 0.3 is 0 Å². The monoisotopic (exact) mass is 339 g/mol. The number of ether oxygens (including phenoxy) is 1. The number of fused-ring (bicyclic) bond motifs is 2. The zero-order chi connectivity index (χ0) is 18.1. The number of nitrogens with zero attached hydrogens (tertiary/aromatic N) is 1. The molecule has 3 aromatic rings. The van der Waals surface area contributed by atoms with Gasteiger partial charge in [-0.1, -0.05) is 54.5 Å². The molecule has 0 spiro atoms. The first-order chi connectivity index (χ1) is 12.7. The van der Waals surface area contributed by atoms with E-state index in [0.717, 1.165) is 33.3 Å². The summed E-state index contributed by atoms with van der Waals surface area (Å²) >= 11 is 0. The minimum absolute atomic E-state index is 0.0841. The van der Waals surface area contributed by atoms with Gasteiger partial charge in [-0.25, -0.2) is 0 Å². The average Bonchev–Trinajstić information content (AvgIpc) is 2.94. The highest BCUT2D eigenvalue weighted by Gasteiger charge is 2.31. The van der Waals surface area contributed by atoms with E-state index in [1.165, 1.54) is 0 Å². The second-order valence-corrected chi connectivity index (χ2v) is 6.07. The summed E-state index contributed by atoms with van der Waals surface area (Å²) in [7, 11) is 1.64. The third-order valence-corrected chi connectivity index (χ3v) is 4.65. The maximum Gasteiger partial charge on any atom is 0.259 e. The zero-order valence-electron chi connectivity index (χ0n) is 14.4. The first-order valence-corrected chi connectivity index (χ1v) is 8.36. The maximum absolute atomic E-state index is 13.0. The summed E-state index contributed by atoms with van der Waals surface area (Å²) in [6, 6.07) is 19.7. The van der Waals surface area contributed by atoms with E-state index in [1.54, 1.807) is 12.0 Å². The summed E-state index contributed by atoms with van der Waals surface area (Å²) in [6.07, 6.45) is 7.38. The quantitative estimate of drug-likeness (QED) is 0.524. The Bertz CT molecular complexity index is 1090. The highest BCUT2D eigenvalue weighted by molar-refractivity contribution is 6.36. The van der Waals surface area contributed by atoms with E-state index >= 15 is 0 Å². The summed E-state index contributed by atoms with van der Waals surface area (Å²) in [4.78, 5) is 14.7. The van der Waals surface area contributed by atoms with Gasteiger partial charge in [-0.05, 0) is 29.0 Å². The van der Waals surface area contributed by atoms with Gasteiger partial charge in [0.2, 0.25) is 0 Å². The van der Waals surface area contributed by atoms with Crippen molar-refractivity contribution in [3.8, 4) is 18.1 Å². The van der Waals surface area contributed by atoms with Crippen LogP contribution < -0.4 is 9.64 Å². The molecule has 0 N–H and O–H groups in total. The third kappa shape index (κ3) is 2.44. The Balaban J connectivity index is 1.96. The summed E-state index contributed by atoms with van der Waals surface area (Å²) in [5.74, 6) is 3.22. The Morgan fingerprint density at radius 2 is 1.85 bits per heavy atom. The Morgan fingerprint density at radius 1 is 1.08 bits per heavy atom. The molecule has 126 valence electrons. The fraction of sp³-hybridized carbons (Fsp3) is 0.0870. The molecule has 26 heavy (non-hydrogen) atoms. The number of amides is 1. The Hall–Kier alpha value is -3.51. The smallest absolute Gasteiger partial charge is 0.259 e. The summed E-state index contributed by atoms with van der Waals surface area (Å²) in [5.41, 5.74) is 3.26. The summed E-state index contributed by atoms with van der Waals surface area (Å²) in [6.45, 7) is 0.250. The molecule has 0 aromatic heterocycles. The van der Waals surface area contributed by atoms with Crippen molar-refractivity contribution in [2.75, 3.05) is 18.6 Å². The van der Waals surface area contributed by atoms with Gasteiger partial charge in [0.05, 0.1) is 24.9 Å². The van der Waals surface area contributed by atoms with Crippen molar-refractivity contribution in [1.82, 2.24) is 0 Å². The van der Waals surface area contributed by atoms with Gasteiger partial charge in [0, 0.05) is 11.1 Å². The molecule has 3 heteroatoms. The predicted molar refractivity (Wildman–Crippen MR) is 106 cm³/mol. The molecule has 0 unspecified atom stereocenters. The zero-order valence-corrected chi connectivity index (χ0v) is 14.4. The number of methoxy groups -OCH3 is 1. The standard InChI is InChI=1S/C23H17NO2/c1-3-14-24-21-11-7-6-10-18(21)20(23(24)25)15-19-17-9-5-4-8-16(17)12-13-22(19)26-2/h1,4-13,15H,14H2,2H3/b20-15+. The predicted octanol–water partition coefficient (Wildman–Crippen LogP) is 4.37. The van der Waals surface area contributed by atoms with Crippen LogP contribution in [0.5, 0.6) is 5.75 Å². The van der Waals surface area contributed by atoms with Gasteiger partial charge < -0.3 is 4.74 Å². The number of rotatable bonds is 3. The summed E-state index contributed by atoms with van der Waals surface area (Å²) in [5, 5.41) is 2.14. The Morgan fingerprint density at radius 3 is 2.65 bits per heavy atom. The van der Waals surface area contributed by atoms with E-state index in [0.29, 0.717) is 5.57 Å². The van der Waals surface area contributed by atoms with Crippen molar-refractivity contribution in [2.24, 2.45) is 0 Å². The molecule has 0 atom stereocenters. The largest absolute Gasteiger partial charge is 0.496 e. The van der Waals surface area contributed by atoms with Crippen LogP contribution in [0.15, 0.2) is 60.7 Å². The van der Waals surface area contributed by atoms with Gasteiger partial charge in [-0.15, -0.1) is 6.42 Å². The van der Waals surface area contributed by atoms with Crippen LogP contribution in [0.4, 0.5) is 5.69 Å². The van der Waals surface area contributed by atoms with E-state index in [1.807, 2.05) is 66.7 Å². The Kier molecular flexibility index (Phi) is 3.95. The third-order valence-electron chi connectivity index (χ3n) is 4.65. The molecule has 0 bridgehead atoms. The molecule has 0 saturated heterocycles. The van der Waals surface area contributed by atoms with Crippen LogP contribution in [0.1, 0.15) is 11.1 Å². The van der Waals surface area contributed by atoms with Crippen molar-refractivity contribution in [2.45, 2.75) is 0 Å². The molecule has 4 rings (SSSR count). The van der Waals surface area contributed by atoms with Gasteiger partial charge in [-0.3, -0.25) is 9.69 Å². The normalized spacial score (nSPS) is 14.5. The van der Waals surface area contributed by atoms with E-state index in [2.05, 4.69) is 5.92 Å². The lowest BCUT2D eigenvalue weighted by molar-refractivity contribution is -0.112. The molecule has 0 aliphatic carbocycles. The van der Waals surface area contributed by atoms with Crippen LogP contribution in [0.3, 0.4) is 0 Å². The summed E-state index contributed by atoms with van der Waals surface area (Å²) < 4.78 is 5.56. The number of para-hydroxylation sites is 1. The second kappa shape index (κ2) is 6.42. The van der Waals surface area contributed by atoms with Crippen LogP contribution in [-0.4, -0.2) is 19.6 Å². The molecular weight excluding hydrogens is 322 g/mol. The first kappa shape index (κ1) is 16.0. The molecule has 3 aromatic carbocycles. The lowest BCUT2D eigenvalue weighted by Gasteiger charge is -2.13. The topological polar surface area (TPSA) is 29.5 Å². The number of benzene rings is 3. The number of carbonyl (C=O) groups excluding carboxylic acids is 1. The van der Waals surface area contributed by atoms with Crippen LogP contribution in [0.2, 0.25) is 0 Å². The van der Waals surface area contributed by atoms with Crippen molar-refractivity contribution in [1.29, 1.82) is 0 Å². The minimum Gasteiger partial charge on any atom is -0.496 e. The number of hydrogen-bond acceptors (Lipinski definition) is 2. The molecule has 1 heterocycles. The SMILES string of the molecule is C#CCN1C(=O)/C(=C/c2c(OC)ccc3ccccc23)c2ccccc21. The maximum atomic E-state index is 13.0.